The van der Waals surface area contributed by atoms with Crippen LogP contribution in [0.2, 0.25) is 5.02 Å². The van der Waals surface area contributed by atoms with Gasteiger partial charge < -0.3 is 9.64 Å². The Labute approximate surface area is 178 Å². The second kappa shape index (κ2) is 8.63. The van der Waals surface area contributed by atoms with Crippen molar-refractivity contribution in [2.75, 3.05) is 18.0 Å². The SMILES string of the molecule is O=Cc1cc(C(=O)c2ccccc2Cl)ccc1N1CCC(Oc2ncccc2F)C1. The number of hydrogen-bond donors (Lipinski definition) is 0. The lowest BCUT2D eigenvalue weighted by molar-refractivity contribution is 0.103. The molecule has 1 aliphatic heterocycles. The lowest BCUT2D eigenvalue weighted by atomic mass is 10.0. The molecule has 0 bridgehead atoms. The van der Waals surface area contributed by atoms with Crippen molar-refractivity contribution >= 4 is 29.4 Å². The molecule has 7 heteroatoms. The van der Waals surface area contributed by atoms with Crippen LogP contribution in [0, 0.1) is 5.82 Å². The van der Waals surface area contributed by atoms with Crippen molar-refractivity contribution in [3.8, 4) is 5.88 Å². The lowest BCUT2D eigenvalue weighted by Crippen LogP contribution is -2.26. The third-order valence-corrected chi connectivity index (χ3v) is 5.35. The van der Waals surface area contributed by atoms with Crippen molar-refractivity contribution < 1.29 is 18.7 Å². The largest absolute Gasteiger partial charge is 0.470 e. The van der Waals surface area contributed by atoms with E-state index in [2.05, 4.69) is 4.98 Å². The highest BCUT2D eigenvalue weighted by Crippen LogP contribution is 2.28. The molecule has 1 aliphatic rings. The number of carbonyl (C=O) groups excluding carboxylic acids is 2. The third kappa shape index (κ3) is 4.04. The Hall–Kier alpha value is -3.25. The molecule has 0 amide bonds. The number of ether oxygens (including phenoxy) is 1. The van der Waals surface area contributed by atoms with Crippen LogP contribution in [0.5, 0.6) is 5.88 Å². The molecule has 152 valence electrons. The number of halogens is 2. The average Bonchev–Trinajstić information content (AvgIpc) is 3.23. The maximum Gasteiger partial charge on any atom is 0.250 e. The predicted octanol–water partition coefficient (Wildman–Crippen LogP) is 4.58. The van der Waals surface area contributed by atoms with E-state index in [-0.39, 0.29) is 17.8 Å². The first-order valence-corrected chi connectivity index (χ1v) is 9.85. The van der Waals surface area contributed by atoms with E-state index in [0.29, 0.717) is 46.9 Å². The summed E-state index contributed by atoms with van der Waals surface area (Å²) in [4.78, 5) is 30.4. The van der Waals surface area contributed by atoms with Crippen LogP contribution in [0.1, 0.15) is 32.7 Å². The molecule has 2 aromatic carbocycles. The van der Waals surface area contributed by atoms with Gasteiger partial charge in [-0.3, -0.25) is 9.59 Å². The molecule has 1 aromatic heterocycles. The fourth-order valence-corrected chi connectivity index (χ4v) is 3.76. The first kappa shape index (κ1) is 20.0. The van der Waals surface area contributed by atoms with Crippen LogP contribution in [0.4, 0.5) is 10.1 Å². The van der Waals surface area contributed by atoms with Crippen molar-refractivity contribution in [2.45, 2.75) is 12.5 Å². The Balaban J connectivity index is 1.53. The minimum atomic E-state index is -0.507. The molecular weight excluding hydrogens is 407 g/mol. The third-order valence-electron chi connectivity index (χ3n) is 5.02. The summed E-state index contributed by atoms with van der Waals surface area (Å²) < 4.78 is 19.5. The Morgan fingerprint density at radius 3 is 2.80 bits per heavy atom. The van der Waals surface area contributed by atoms with Crippen LogP contribution >= 0.6 is 11.6 Å². The van der Waals surface area contributed by atoms with E-state index >= 15 is 0 Å². The summed E-state index contributed by atoms with van der Waals surface area (Å²) in [6, 6.07) is 14.6. The van der Waals surface area contributed by atoms with Crippen LogP contribution in [-0.2, 0) is 0 Å². The second-order valence-corrected chi connectivity index (χ2v) is 7.37. The number of hydrogen-bond acceptors (Lipinski definition) is 5. The minimum Gasteiger partial charge on any atom is -0.470 e. The molecule has 30 heavy (non-hydrogen) atoms. The summed E-state index contributed by atoms with van der Waals surface area (Å²) >= 11 is 6.13. The molecule has 0 aliphatic carbocycles. The molecule has 0 radical (unpaired) electrons. The number of carbonyl (C=O) groups is 2. The fraction of sp³-hybridized carbons (Fsp3) is 0.174. The molecule has 0 spiro atoms. The van der Waals surface area contributed by atoms with Gasteiger partial charge in [-0.25, -0.2) is 9.37 Å². The second-order valence-electron chi connectivity index (χ2n) is 6.97. The number of rotatable bonds is 6. The highest BCUT2D eigenvalue weighted by atomic mass is 35.5. The number of pyridine rings is 1. The highest BCUT2D eigenvalue weighted by Gasteiger charge is 2.27. The number of anilines is 1. The summed E-state index contributed by atoms with van der Waals surface area (Å²) in [6.07, 6.45) is 2.61. The number of benzene rings is 2. The van der Waals surface area contributed by atoms with Crippen molar-refractivity contribution in [1.29, 1.82) is 0 Å². The monoisotopic (exact) mass is 424 g/mol. The van der Waals surface area contributed by atoms with Crippen LogP contribution in [0.25, 0.3) is 0 Å². The van der Waals surface area contributed by atoms with Gasteiger partial charge in [0.1, 0.15) is 6.10 Å². The zero-order valence-electron chi connectivity index (χ0n) is 15.9. The number of aromatic nitrogens is 1. The van der Waals surface area contributed by atoms with Gasteiger partial charge in [0, 0.05) is 41.5 Å². The smallest absolute Gasteiger partial charge is 0.250 e. The number of ketones is 1. The first-order valence-electron chi connectivity index (χ1n) is 9.47. The Bertz CT molecular complexity index is 1110. The first-order chi connectivity index (χ1) is 14.6. The normalized spacial score (nSPS) is 15.8. The van der Waals surface area contributed by atoms with Crippen LogP contribution in [0.15, 0.2) is 60.8 Å². The van der Waals surface area contributed by atoms with Crippen molar-refractivity contribution in [2.24, 2.45) is 0 Å². The molecule has 0 N–H and O–H groups in total. The van der Waals surface area contributed by atoms with E-state index in [4.69, 9.17) is 16.3 Å². The molecule has 1 unspecified atom stereocenters. The van der Waals surface area contributed by atoms with E-state index in [1.807, 2.05) is 4.90 Å². The van der Waals surface area contributed by atoms with E-state index in [1.54, 1.807) is 42.5 Å². The summed E-state index contributed by atoms with van der Waals surface area (Å²) in [5.74, 6) is -0.781. The van der Waals surface area contributed by atoms with Gasteiger partial charge in [-0.1, -0.05) is 23.7 Å². The van der Waals surface area contributed by atoms with Gasteiger partial charge in [0.2, 0.25) is 0 Å². The van der Waals surface area contributed by atoms with Crippen molar-refractivity contribution in [3.05, 3.63) is 88.3 Å². The maximum absolute atomic E-state index is 13.8. The Morgan fingerprint density at radius 1 is 1.20 bits per heavy atom. The highest BCUT2D eigenvalue weighted by molar-refractivity contribution is 6.35. The summed E-state index contributed by atoms with van der Waals surface area (Å²) in [5.41, 5.74) is 1.87. The Morgan fingerprint density at radius 2 is 2.03 bits per heavy atom. The molecule has 3 aromatic rings. The molecule has 1 saturated heterocycles. The molecule has 0 saturated carbocycles. The van der Waals surface area contributed by atoms with E-state index < -0.39 is 5.82 Å². The van der Waals surface area contributed by atoms with Gasteiger partial charge in [-0.2, -0.15) is 0 Å². The average molecular weight is 425 g/mol. The van der Waals surface area contributed by atoms with Crippen molar-refractivity contribution in [1.82, 2.24) is 4.98 Å². The van der Waals surface area contributed by atoms with Gasteiger partial charge in [-0.15, -0.1) is 0 Å². The minimum absolute atomic E-state index is 0.0272. The summed E-state index contributed by atoms with van der Waals surface area (Å²) in [7, 11) is 0. The van der Waals surface area contributed by atoms with Crippen LogP contribution in [-0.4, -0.2) is 36.2 Å². The lowest BCUT2D eigenvalue weighted by Gasteiger charge is -2.21. The standard InChI is InChI=1S/C23H18ClFN2O3/c24-19-5-2-1-4-18(19)22(29)15-7-8-21(16(12-15)14-28)27-11-9-17(13-27)30-23-20(25)6-3-10-26-23/h1-8,10,12,14,17H,9,11,13H2. The van der Waals surface area contributed by atoms with Crippen LogP contribution < -0.4 is 9.64 Å². The van der Waals surface area contributed by atoms with E-state index in [0.717, 1.165) is 6.29 Å². The maximum atomic E-state index is 13.8. The molecule has 2 heterocycles. The Kier molecular flexibility index (Phi) is 5.77. The predicted molar refractivity (Wildman–Crippen MR) is 112 cm³/mol. The number of aldehydes is 1. The van der Waals surface area contributed by atoms with Crippen molar-refractivity contribution in [3.63, 3.8) is 0 Å². The van der Waals surface area contributed by atoms with Gasteiger partial charge in [-0.05, 0) is 42.5 Å². The molecule has 4 rings (SSSR count). The summed E-state index contributed by atoms with van der Waals surface area (Å²) in [5, 5.41) is 0.362. The van der Waals surface area contributed by atoms with Gasteiger partial charge in [0.15, 0.2) is 17.9 Å². The quantitative estimate of drug-likeness (QED) is 0.428. The zero-order valence-corrected chi connectivity index (χ0v) is 16.7. The number of nitrogens with zero attached hydrogens (tertiary/aromatic N) is 2. The van der Waals surface area contributed by atoms with E-state index in [9.17, 15) is 14.0 Å². The molecule has 5 nitrogen and oxygen atoms in total. The summed E-state index contributed by atoms with van der Waals surface area (Å²) in [6.45, 7) is 1.12. The molecule has 1 atom stereocenters. The van der Waals surface area contributed by atoms with Crippen LogP contribution in [0.3, 0.4) is 0 Å². The molecular formula is C23H18ClFN2O3. The van der Waals surface area contributed by atoms with E-state index in [1.165, 1.54) is 18.3 Å². The topological polar surface area (TPSA) is 59.5 Å². The zero-order chi connectivity index (χ0) is 21.1. The van der Waals surface area contributed by atoms with Gasteiger partial charge in [0.05, 0.1) is 11.6 Å². The molecule has 1 fully saturated rings. The van der Waals surface area contributed by atoms with Gasteiger partial charge >= 0.3 is 0 Å². The van der Waals surface area contributed by atoms with Gasteiger partial charge in [0.25, 0.3) is 5.88 Å². The fourth-order valence-electron chi connectivity index (χ4n) is 3.54.